The Morgan fingerprint density at radius 1 is 1.03 bits per heavy atom. The average molecular weight is 486 g/mol. The first-order valence-corrected chi connectivity index (χ1v) is 13.6. The molecule has 7 rings (SSSR count). The largest absolute Gasteiger partial charge is 0.385 e. The zero-order valence-electron chi connectivity index (χ0n) is 21.4. The lowest BCUT2D eigenvalue weighted by molar-refractivity contribution is -0.0101. The van der Waals surface area contributed by atoms with Gasteiger partial charge in [0.05, 0.1) is 33.5 Å². The summed E-state index contributed by atoms with van der Waals surface area (Å²) in [5.74, 6) is 1.34. The fourth-order valence-electron chi connectivity index (χ4n) is 6.84. The van der Waals surface area contributed by atoms with Gasteiger partial charge in [0.25, 0.3) is 0 Å². The molecule has 0 radical (unpaired) electrons. The predicted molar refractivity (Wildman–Crippen MR) is 140 cm³/mol. The molecule has 0 unspecified atom stereocenters. The molecule has 188 valence electrons. The number of ether oxygens (including phenoxy) is 1. The lowest BCUT2D eigenvalue weighted by atomic mass is 9.83. The van der Waals surface area contributed by atoms with Crippen molar-refractivity contribution in [3.05, 3.63) is 41.7 Å². The molecule has 2 aliphatic carbocycles. The molecular weight excluding hydrogens is 450 g/mol. The molecule has 1 atom stereocenters. The molecule has 7 heteroatoms. The fourth-order valence-corrected chi connectivity index (χ4v) is 6.84. The van der Waals surface area contributed by atoms with Gasteiger partial charge in [-0.2, -0.15) is 0 Å². The maximum atomic E-state index is 11.9. The summed E-state index contributed by atoms with van der Waals surface area (Å²) < 4.78 is 10.0. The van der Waals surface area contributed by atoms with Gasteiger partial charge >= 0.3 is 0 Å². The van der Waals surface area contributed by atoms with Crippen LogP contribution in [0.3, 0.4) is 0 Å². The van der Waals surface area contributed by atoms with Crippen molar-refractivity contribution in [3.8, 4) is 11.3 Å². The zero-order valence-corrected chi connectivity index (χ0v) is 21.4. The minimum atomic E-state index is -0.687. The van der Waals surface area contributed by atoms with Gasteiger partial charge in [-0.05, 0) is 87.8 Å². The molecule has 4 aromatic rings. The van der Waals surface area contributed by atoms with Gasteiger partial charge in [-0.15, -0.1) is 5.10 Å². The van der Waals surface area contributed by atoms with Gasteiger partial charge in [-0.25, -0.2) is 4.68 Å². The SMILES string of the molecule is Cc1nnn(C)c1-c1cnc2c3ccc(C(O)(C4CC4)C4CC4)cc3n([C@H](C)C3CCOCC3)c2c1. The Morgan fingerprint density at radius 3 is 2.39 bits per heavy atom. The molecule has 0 spiro atoms. The second-order valence-corrected chi connectivity index (χ2v) is 11.4. The number of pyridine rings is 1. The molecule has 7 nitrogen and oxygen atoms in total. The Labute approximate surface area is 211 Å². The van der Waals surface area contributed by atoms with Crippen molar-refractivity contribution in [2.45, 2.75) is 64.0 Å². The van der Waals surface area contributed by atoms with Gasteiger partial charge in [-0.1, -0.05) is 17.3 Å². The van der Waals surface area contributed by atoms with Crippen molar-refractivity contribution in [3.63, 3.8) is 0 Å². The highest BCUT2D eigenvalue weighted by Gasteiger charge is 2.54. The van der Waals surface area contributed by atoms with Crippen LogP contribution in [0.5, 0.6) is 0 Å². The van der Waals surface area contributed by atoms with Crippen molar-refractivity contribution in [1.82, 2.24) is 24.5 Å². The molecule has 0 bridgehead atoms. The van der Waals surface area contributed by atoms with Gasteiger partial charge in [0.1, 0.15) is 0 Å². The van der Waals surface area contributed by atoms with E-state index in [-0.39, 0.29) is 0 Å². The maximum Gasteiger partial charge on any atom is 0.0960 e. The average Bonchev–Trinajstić information content (AvgIpc) is 3.83. The lowest BCUT2D eigenvalue weighted by Crippen LogP contribution is -2.31. The van der Waals surface area contributed by atoms with E-state index >= 15 is 0 Å². The number of fused-ring (bicyclic) bond motifs is 3. The quantitative estimate of drug-likeness (QED) is 0.402. The third kappa shape index (κ3) is 3.36. The standard InChI is InChI=1S/C29H35N5O2/c1-17-28(33(3)32-31-17)20-14-26-27(30-16-20)24-9-8-23(29(35,21-4-5-21)22-6-7-22)15-25(24)34(26)18(2)19-10-12-36-13-11-19/h8-9,14-16,18-19,21-22,35H,4-7,10-13H2,1-3H3/t18-/m1/s1. The van der Waals surface area contributed by atoms with Crippen molar-refractivity contribution in [2.24, 2.45) is 24.8 Å². The molecule has 0 amide bonds. The summed E-state index contributed by atoms with van der Waals surface area (Å²) in [6.07, 6.45) is 8.62. The highest BCUT2D eigenvalue weighted by molar-refractivity contribution is 6.07. The fraction of sp³-hybridized carbons (Fsp3) is 0.552. The molecule has 3 fully saturated rings. The number of aromatic nitrogens is 5. The topological polar surface area (TPSA) is 78.0 Å². The molecule has 1 N–H and O–H groups in total. The van der Waals surface area contributed by atoms with E-state index in [4.69, 9.17) is 9.72 Å². The Balaban J connectivity index is 1.46. The summed E-state index contributed by atoms with van der Waals surface area (Å²) in [6, 6.07) is 9.23. The van der Waals surface area contributed by atoms with Gasteiger partial charge < -0.3 is 14.4 Å². The number of aliphatic hydroxyl groups is 1. The van der Waals surface area contributed by atoms with Crippen LogP contribution in [0.25, 0.3) is 33.2 Å². The molecule has 2 saturated carbocycles. The lowest BCUT2D eigenvalue weighted by Gasteiger charge is -2.31. The van der Waals surface area contributed by atoms with E-state index in [1.54, 1.807) is 0 Å². The number of rotatable bonds is 6. The Hall–Kier alpha value is -2.77. The van der Waals surface area contributed by atoms with Crippen molar-refractivity contribution in [2.75, 3.05) is 13.2 Å². The third-order valence-corrected chi connectivity index (χ3v) is 9.13. The van der Waals surface area contributed by atoms with Crippen molar-refractivity contribution in [1.29, 1.82) is 0 Å². The smallest absolute Gasteiger partial charge is 0.0960 e. The molecule has 1 saturated heterocycles. The summed E-state index contributed by atoms with van der Waals surface area (Å²) in [5, 5.41) is 21.6. The molecule has 1 aliphatic heterocycles. The summed E-state index contributed by atoms with van der Waals surface area (Å²) in [7, 11) is 1.93. The van der Waals surface area contributed by atoms with E-state index in [9.17, 15) is 5.11 Å². The van der Waals surface area contributed by atoms with Crippen molar-refractivity contribution >= 4 is 21.9 Å². The summed E-state index contributed by atoms with van der Waals surface area (Å²) in [4.78, 5) is 5.01. The van der Waals surface area contributed by atoms with E-state index in [2.05, 4.69) is 46.1 Å². The first kappa shape index (κ1) is 22.4. The minimum Gasteiger partial charge on any atom is -0.385 e. The molecule has 1 aromatic carbocycles. The third-order valence-electron chi connectivity index (χ3n) is 9.13. The van der Waals surface area contributed by atoms with Gasteiger partial charge in [0.15, 0.2) is 0 Å². The highest BCUT2D eigenvalue weighted by atomic mass is 16.5. The minimum absolute atomic E-state index is 0.293. The van der Waals surface area contributed by atoms with E-state index in [1.165, 1.54) is 5.52 Å². The first-order chi connectivity index (χ1) is 17.5. The summed E-state index contributed by atoms with van der Waals surface area (Å²) >= 11 is 0. The Bertz CT molecular complexity index is 1420. The molecule has 36 heavy (non-hydrogen) atoms. The Kier molecular flexibility index (Phi) is 5.06. The zero-order chi connectivity index (χ0) is 24.6. The highest BCUT2D eigenvalue weighted by Crippen LogP contribution is 2.57. The van der Waals surface area contributed by atoms with Crippen LogP contribution in [0.2, 0.25) is 0 Å². The van der Waals surface area contributed by atoms with Crippen LogP contribution in [0.15, 0.2) is 30.5 Å². The van der Waals surface area contributed by atoms with Crippen LogP contribution in [0, 0.1) is 24.7 Å². The predicted octanol–water partition coefficient (Wildman–Crippen LogP) is 5.29. The van der Waals surface area contributed by atoms with E-state index in [0.29, 0.717) is 23.8 Å². The van der Waals surface area contributed by atoms with Crippen LogP contribution in [-0.4, -0.2) is 42.9 Å². The van der Waals surface area contributed by atoms with Crippen LogP contribution in [0.4, 0.5) is 0 Å². The van der Waals surface area contributed by atoms with Crippen LogP contribution in [0.1, 0.15) is 62.7 Å². The first-order valence-electron chi connectivity index (χ1n) is 13.6. The van der Waals surface area contributed by atoms with E-state index in [0.717, 1.165) is 90.7 Å². The summed E-state index contributed by atoms with van der Waals surface area (Å²) in [6.45, 7) is 5.99. The monoisotopic (exact) mass is 485 g/mol. The molecule has 3 aliphatic rings. The van der Waals surface area contributed by atoms with E-state index in [1.807, 2.05) is 24.9 Å². The molecular formula is C29H35N5O2. The van der Waals surface area contributed by atoms with Gasteiger partial charge in [0, 0.05) is 43.4 Å². The second-order valence-electron chi connectivity index (χ2n) is 11.4. The van der Waals surface area contributed by atoms with Gasteiger partial charge in [-0.3, -0.25) is 4.98 Å². The van der Waals surface area contributed by atoms with Crippen LogP contribution < -0.4 is 0 Å². The molecule has 3 aromatic heterocycles. The normalized spacial score (nSPS) is 20.4. The van der Waals surface area contributed by atoms with E-state index < -0.39 is 5.60 Å². The van der Waals surface area contributed by atoms with Crippen LogP contribution in [-0.2, 0) is 17.4 Å². The van der Waals surface area contributed by atoms with Crippen molar-refractivity contribution < 1.29 is 9.84 Å². The maximum absolute atomic E-state index is 11.9. The number of aryl methyl sites for hydroxylation is 2. The number of hydrogen-bond donors (Lipinski definition) is 1. The van der Waals surface area contributed by atoms with Gasteiger partial charge in [0.2, 0.25) is 0 Å². The van der Waals surface area contributed by atoms with Crippen LogP contribution >= 0.6 is 0 Å². The Morgan fingerprint density at radius 2 is 1.75 bits per heavy atom. The number of nitrogens with zero attached hydrogens (tertiary/aromatic N) is 5. The number of hydrogen-bond acceptors (Lipinski definition) is 5. The summed E-state index contributed by atoms with van der Waals surface area (Å²) in [5.41, 5.74) is 6.68. The second kappa shape index (κ2) is 8.12. The molecule has 4 heterocycles. The number of benzene rings is 1.